The van der Waals surface area contributed by atoms with E-state index in [0.717, 1.165) is 11.0 Å². The van der Waals surface area contributed by atoms with Crippen molar-refractivity contribution in [3.05, 3.63) is 35.9 Å². The van der Waals surface area contributed by atoms with Crippen molar-refractivity contribution in [2.45, 2.75) is 0 Å². The summed E-state index contributed by atoms with van der Waals surface area (Å²) in [6.07, 6.45) is 1.50. The Hall–Kier alpha value is -2.56. The Labute approximate surface area is 117 Å². The molecule has 0 bridgehead atoms. The zero-order valence-corrected chi connectivity index (χ0v) is 10.4. The molecule has 0 saturated carbocycles. The van der Waals surface area contributed by atoms with Gasteiger partial charge in [0.15, 0.2) is 0 Å². The number of hydrogen-bond donors (Lipinski definition) is 2. The second-order valence-electron chi connectivity index (χ2n) is 4.30. The fourth-order valence-electron chi connectivity index (χ4n) is 1.86. The van der Waals surface area contributed by atoms with Gasteiger partial charge in [-0.1, -0.05) is 23.1 Å². The Kier molecular flexibility index (Phi) is 3.02. The normalized spacial score (nSPS) is 11.4. The van der Waals surface area contributed by atoms with Crippen LogP contribution in [0.5, 0.6) is 5.75 Å². The first-order chi connectivity index (χ1) is 9.63. The van der Waals surface area contributed by atoms with Crippen molar-refractivity contribution >= 4 is 49.6 Å². The average molecular weight is 258 g/mol. The van der Waals surface area contributed by atoms with E-state index in [1.807, 2.05) is 0 Å². The van der Waals surface area contributed by atoms with Crippen LogP contribution >= 0.6 is 0 Å². The fourth-order valence-corrected chi connectivity index (χ4v) is 1.86. The summed E-state index contributed by atoms with van der Waals surface area (Å²) in [5.74, 6) is -0.0366. The number of aromatic amines is 1. The maximum absolute atomic E-state index is 9.84. The van der Waals surface area contributed by atoms with Gasteiger partial charge >= 0.3 is 0 Å². The third kappa shape index (κ3) is 2.30. The molecular weight excluding hydrogens is 250 g/mol. The molecule has 0 fully saturated rings. The average Bonchev–Trinajstić information content (AvgIpc) is 2.88. The highest BCUT2D eigenvalue weighted by Gasteiger charge is 2.03. The number of aliphatic imine (C=N–C) groups is 1. The maximum Gasteiger partial charge on any atom is 0.118 e. The first-order valence-corrected chi connectivity index (χ1v) is 5.86. The van der Waals surface area contributed by atoms with Crippen LogP contribution in [0.25, 0.3) is 11.0 Å². The minimum Gasteiger partial charge on any atom is -0.508 e. The van der Waals surface area contributed by atoms with Crippen LogP contribution in [0.15, 0.2) is 35.3 Å². The van der Waals surface area contributed by atoms with Crippen LogP contribution in [0.1, 0.15) is 5.56 Å². The van der Waals surface area contributed by atoms with E-state index in [-0.39, 0.29) is 11.2 Å². The van der Waals surface area contributed by atoms with Gasteiger partial charge in [-0.2, -0.15) is 15.4 Å². The van der Waals surface area contributed by atoms with Gasteiger partial charge in [-0.15, -0.1) is 0 Å². The van der Waals surface area contributed by atoms with Gasteiger partial charge in [0.1, 0.15) is 32.5 Å². The van der Waals surface area contributed by atoms with E-state index < -0.39 is 0 Å². The molecule has 92 valence electrons. The summed E-state index contributed by atoms with van der Waals surface area (Å²) < 4.78 is 0. The minimum atomic E-state index is -0.0366. The molecule has 1 aromatic heterocycles. The Bertz CT molecular complexity index is 813. The monoisotopic (exact) mass is 258 g/mol. The zero-order chi connectivity index (χ0) is 14.1. The van der Waals surface area contributed by atoms with E-state index in [9.17, 15) is 5.11 Å². The molecule has 5 nitrogen and oxygen atoms in total. The van der Waals surface area contributed by atoms with Gasteiger partial charge in [-0.05, 0) is 18.2 Å². The molecule has 0 aliphatic heterocycles. The zero-order valence-electron chi connectivity index (χ0n) is 10.4. The summed E-state index contributed by atoms with van der Waals surface area (Å²) in [4.78, 5) is 4.27. The highest BCUT2D eigenvalue weighted by Crippen LogP contribution is 2.18. The number of nitrogens with zero attached hydrogens (tertiary/aromatic N) is 3. The molecule has 0 spiro atoms. The highest BCUT2D eigenvalue weighted by atomic mass is 16.3. The summed E-state index contributed by atoms with van der Waals surface area (Å²) in [5, 5.41) is 20.3. The van der Waals surface area contributed by atoms with E-state index in [1.165, 1.54) is 12.3 Å². The van der Waals surface area contributed by atoms with Gasteiger partial charge in [-0.3, -0.25) is 4.99 Å². The summed E-state index contributed by atoms with van der Waals surface area (Å²) in [6.45, 7) is 0. The number of benzene rings is 2. The topological polar surface area (TPSA) is 74.2 Å². The number of fused-ring (bicyclic) bond motifs is 1. The molecular formula is C13H8B2N4O. The van der Waals surface area contributed by atoms with E-state index in [0.29, 0.717) is 16.7 Å². The van der Waals surface area contributed by atoms with Gasteiger partial charge < -0.3 is 5.11 Å². The first kappa shape index (κ1) is 12.5. The van der Waals surface area contributed by atoms with Crippen molar-refractivity contribution in [1.29, 1.82) is 0 Å². The third-order valence-electron chi connectivity index (χ3n) is 2.84. The highest BCUT2D eigenvalue weighted by molar-refractivity contribution is 6.39. The van der Waals surface area contributed by atoms with Crippen molar-refractivity contribution in [1.82, 2.24) is 15.4 Å². The number of nitrogens with one attached hydrogen (secondary N) is 1. The molecule has 0 unspecified atom stereocenters. The standard InChI is InChI=1S/C13H8B2N4O/c14-8-3-7(13(20)10(15)4-8)6-16-9-1-2-11-12(5-9)18-19-17-11/h1-6,20H,(H,17,18,19). The summed E-state index contributed by atoms with van der Waals surface area (Å²) in [6, 6.07) is 8.48. The number of H-pyrrole nitrogens is 1. The van der Waals surface area contributed by atoms with Crippen molar-refractivity contribution in [3.8, 4) is 5.75 Å². The predicted octanol–water partition coefficient (Wildman–Crippen LogP) is 0.00170. The molecule has 2 N–H and O–H groups in total. The van der Waals surface area contributed by atoms with Gasteiger partial charge in [0.2, 0.25) is 0 Å². The number of aromatic nitrogens is 3. The molecule has 7 heteroatoms. The predicted molar refractivity (Wildman–Crippen MR) is 80.0 cm³/mol. The molecule has 2 aromatic carbocycles. The van der Waals surface area contributed by atoms with Crippen molar-refractivity contribution in [2.75, 3.05) is 0 Å². The van der Waals surface area contributed by atoms with Crippen LogP contribution in [-0.4, -0.2) is 42.4 Å². The molecule has 1 heterocycles. The summed E-state index contributed by atoms with van der Waals surface area (Å²) >= 11 is 0. The number of hydrogen-bond acceptors (Lipinski definition) is 4. The Morgan fingerprint density at radius 1 is 1.10 bits per heavy atom. The largest absolute Gasteiger partial charge is 0.508 e. The van der Waals surface area contributed by atoms with E-state index >= 15 is 0 Å². The first-order valence-electron chi connectivity index (χ1n) is 5.86. The molecule has 3 rings (SSSR count). The molecule has 0 saturated heterocycles. The number of aromatic hydroxyl groups is 1. The van der Waals surface area contributed by atoms with Crippen LogP contribution < -0.4 is 10.9 Å². The Morgan fingerprint density at radius 3 is 2.75 bits per heavy atom. The van der Waals surface area contributed by atoms with E-state index in [1.54, 1.807) is 24.3 Å². The lowest BCUT2D eigenvalue weighted by molar-refractivity contribution is 0.479. The van der Waals surface area contributed by atoms with Gasteiger partial charge in [-0.25, -0.2) is 0 Å². The van der Waals surface area contributed by atoms with E-state index in [2.05, 4.69) is 20.4 Å². The van der Waals surface area contributed by atoms with Crippen LogP contribution in [-0.2, 0) is 0 Å². The fraction of sp³-hybridized carbons (Fsp3) is 0. The minimum absolute atomic E-state index is 0.0366. The third-order valence-corrected chi connectivity index (χ3v) is 2.84. The number of phenolic OH excluding ortho intramolecular Hbond substituents is 1. The molecule has 20 heavy (non-hydrogen) atoms. The lowest BCUT2D eigenvalue weighted by Crippen LogP contribution is -2.15. The van der Waals surface area contributed by atoms with Crippen molar-refractivity contribution in [2.24, 2.45) is 4.99 Å². The SMILES string of the molecule is [B]c1cc([B])c(O)c(C=Nc2ccc3n[nH]nc3c2)c1. The molecule has 0 aliphatic rings. The molecule has 4 radical (unpaired) electrons. The maximum atomic E-state index is 9.84. The molecule has 3 aromatic rings. The van der Waals surface area contributed by atoms with Gasteiger partial charge in [0.25, 0.3) is 0 Å². The lowest BCUT2D eigenvalue weighted by atomic mass is 9.85. The summed E-state index contributed by atoms with van der Waals surface area (Å²) in [5.41, 5.74) is 3.32. The quantitative estimate of drug-likeness (QED) is 0.502. The van der Waals surface area contributed by atoms with E-state index in [4.69, 9.17) is 15.7 Å². The Balaban J connectivity index is 1.97. The summed E-state index contributed by atoms with van der Waals surface area (Å²) in [7, 11) is 11.3. The number of rotatable bonds is 2. The second-order valence-corrected chi connectivity index (χ2v) is 4.30. The molecule has 0 amide bonds. The van der Waals surface area contributed by atoms with Crippen LogP contribution in [0.3, 0.4) is 0 Å². The Morgan fingerprint density at radius 2 is 1.90 bits per heavy atom. The van der Waals surface area contributed by atoms with Crippen LogP contribution in [0.2, 0.25) is 0 Å². The smallest absolute Gasteiger partial charge is 0.118 e. The molecule has 0 atom stereocenters. The van der Waals surface area contributed by atoms with Gasteiger partial charge in [0.05, 0.1) is 5.69 Å². The molecule has 0 aliphatic carbocycles. The lowest BCUT2D eigenvalue weighted by Gasteiger charge is -2.05. The van der Waals surface area contributed by atoms with Crippen molar-refractivity contribution < 1.29 is 5.11 Å². The van der Waals surface area contributed by atoms with Crippen LogP contribution in [0.4, 0.5) is 5.69 Å². The van der Waals surface area contributed by atoms with Gasteiger partial charge in [0, 0.05) is 11.8 Å². The van der Waals surface area contributed by atoms with Crippen LogP contribution in [0, 0.1) is 0 Å². The number of phenols is 1. The van der Waals surface area contributed by atoms with Crippen molar-refractivity contribution in [3.63, 3.8) is 0 Å². The second kappa shape index (κ2) is 4.85.